The minimum Gasteiger partial charge on any atom is -0.384 e. The van der Waals surface area contributed by atoms with Crippen molar-refractivity contribution in [2.75, 3.05) is 12.9 Å². The molecule has 15 heavy (non-hydrogen) atoms. The van der Waals surface area contributed by atoms with E-state index in [0.717, 1.165) is 16.7 Å². The minimum atomic E-state index is -3.18. The van der Waals surface area contributed by atoms with Crippen LogP contribution in [0, 0.1) is 11.8 Å². The number of rotatable bonds is 3. The van der Waals surface area contributed by atoms with Crippen molar-refractivity contribution < 1.29 is 13.5 Å². The van der Waals surface area contributed by atoms with E-state index in [2.05, 4.69) is 16.6 Å². The molecule has 1 aromatic rings. The predicted molar refractivity (Wildman–Crippen MR) is 60.0 cm³/mol. The Kier molecular flexibility index (Phi) is 4.29. The maximum Gasteiger partial charge on any atom is 0.209 e. The molecule has 0 amide bonds. The Morgan fingerprint density at radius 1 is 1.60 bits per heavy atom. The molecule has 82 valence electrons. The molecule has 4 nitrogen and oxygen atoms in total. The third kappa shape index (κ3) is 4.44. The van der Waals surface area contributed by atoms with Crippen LogP contribution in [0.15, 0.2) is 11.4 Å². The van der Waals surface area contributed by atoms with Gasteiger partial charge in [-0.1, -0.05) is 11.8 Å². The summed E-state index contributed by atoms with van der Waals surface area (Å²) in [7, 11) is -3.18. The SMILES string of the molecule is CS(=O)(=O)NCc1sccc1C#CCO. The van der Waals surface area contributed by atoms with Crippen molar-refractivity contribution in [2.24, 2.45) is 0 Å². The molecule has 0 spiro atoms. The number of thiophene rings is 1. The monoisotopic (exact) mass is 245 g/mol. The van der Waals surface area contributed by atoms with Crippen molar-refractivity contribution in [3.8, 4) is 11.8 Å². The second kappa shape index (κ2) is 5.28. The van der Waals surface area contributed by atoms with Gasteiger partial charge < -0.3 is 5.11 Å². The molecule has 0 atom stereocenters. The zero-order valence-corrected chi connectivity index (χ0v) is 9.78. The molecule has 0 fully saturated rings. The summed E-state index contributed by atoms with van der Waals surface area (Å²) in [6, 6.07) is 1.80. The first kappa shape index (κ1) is 12.2. The first-order chi connectivity index (χ1) is 7.03. The topological polar surface area (TPSA) is 66.4 Å². The minimum absolute atomic E-state index is 0.200. The third-order valence-electron chi connectivity index (χ3n) is 1.54. The molecule has 0 saturated carbocycles. The maximum absolute atomic E-state index is 10.9. The van der Waals surface area contributed by atoms with E-state index >= 15 is 0 Å². The molecule has 0 aliphatic carbocycles. The molecular formula is C9H11NO3S2. The number of hydrogen-bond donors (Lipinski definition) is 2. The predicted octanol–water partition coefficient (Wildman–Crippen LogP) is 0.141. The maximum atomic E-state index is 10.9. The molecule has 0 aliphatic rings. The number of hydrogen-bond acceptors (Lipinski definition) is 4. The van der Waals surface area contributed by atoms with Crippen molar-refractivity contribution in [1.82, 2.24) is 4.72 Å². The molecule has 0 aromatic carbocycles. The second-order valence-electron chi connectivity index (χ2n) is 2.81. The highest BCUT2D eigenvalue weighted by Gasteiger charge is 2.05. The molecule has 0 unspecified atom stereocenters. The van der Waals surface area contributed by atoms with Crippen LogP contribution in [0.25, 0.3) is 0 Å². The van der Waals surface area contributed by atoms with Crippen molar-refractivity contribution in [3.63, 3.8) is 0 Å². The van der Waals surface area contributed by atoms with Gasteiger partial charge in [0, 0.05) is 17.0 Å². The van der Waals surface area contributed by atoms with Crippen LogP contribution < -0.4 is 4.72 Å². The van der Waals surface area contributed by atoms with Crippen molar-refractivity contribution in [1.29, 1.82) is 0 Å². The summed E-state index contributed by atoms with van der Waals surface area (Å²) < 4.78 is 24.1. The van der Waals surface area contributed by atoms with Crippen LogP contribution in [0.4, 0.5) is 0 Å². The summed E-state index contributed by atoms with van der Waals surface area (Å²) in [6.07, 6.45) is 1.11. The quantitative estimate of drug-likeness (QED) is 0.745. The number of nitrogens with one attached hydrogen (secondary N) is 1. The Morgan fingerprint density at radius 3 is 2.93 bits per heavy atom. The van der Waals surface area contributed by atoms with Gasteiger partial charge in [0.1, 0.15) is 6.61 Å². The number of aliphatic hydroxyl groups is 1. The van der Waals surface area contributed by atoms with E-state index in [1.807, 2.05) is 5.38 Å². The van der Waals surface area contributed by atoms with Crippen molar-refractivity contribution in [2.45, 2.75) is 6.54 Å². The molecule has 6 heteroatoms. The standard InChI is InChI=1S/C9H11NO3S2/c1-15(12,13)10-7-9-8(3-2-5-11)4-6-14-9/h4,6,10-11H,5,7H2,1H3. The van der Waals surface area contributed by atoms with Gasteiger partial charge in [0.25, 0.3) is 0 Å². The molecule has 0 radical (unpaired) electrons. The molecule has 1 heterocycles. The van der Waals surface area contributed by atoms with Gasteiger partial charge in [0.2, 0.25) is 10.0 Å². The number of sulfonamides is 1. The Morgan fingerprint density at radius 2 is 2.33 bits per heavy atom. The van der Waals surface area contributed by atoms with Crippen LogP contribution in [-0.2, 0) is 16.6 Å². The van der Waals surface area contributed by atoms with E-state index in [1.54, 1.807) is 6.07 Å². The highest BCUT2D eigenvalue weighted by Crippen LogP contribution is 2.15. The lowest BCUT2D eigenvalue weighted by Gasteiger charge is -1.99. The van der Waals surface area contributed by atoms with Gasteiger partial charge in [-0.2, -0.15) is 0 Å². The zero-order chi connectivity index (χ0) is 11.3. The fourth-order valence-corrected chi connectivity index (χ4v) is 2.19. The van der Waals surface area contributed by atoms with Crippen molar-refractivity contribution in [3.05, 3.63) is 21.9 Å². The fourth-order valence-electron chi connectivity index (χ4n) is 0.920. The van der Waals surface area contributed by atoms with Gasteiger partial charge >= 0.3 is 0 Å². The van der Waals surface area contributed by atoms with Gasteiger partial charge in [0.05, 0.1) is 6.26 Å². The first-order valence-electron chi connectivity index (χ1n) is 4.13. The van der Waals surface area contributed by atoms with E-state index in [0.29, 0.717) is 0 Å². The lowest BCUT2D eigenvalue weighted by atomic mass is 10.2. The van der Waals surface area contributed by atoms with Gasteiger partial charge in [0.15, 0.2) is 0 Å². The van der Waals surface area contributed by atoms with Gasteiger partial charge in [-0.05, 0) is 11.4 Å². The van der Waals surface area contributed by atoms with Crippen LogP contribution in [0.1, 0.15) is 10.4 Å². The molecule has 1 rings (SSSR count). The average Bonchev–Trinajstić information content (AvgIpc) is 2.57. The van der Waals surface area contributed by atoms with Crippen LogP contribution in [0.5, 0.6) is 0 Å². The normalized spacial score (nSPS) is 10.8. The van der Waals surface area contributed by atoms with E-state index in [9.17, 15) is 8.42 Å². The molecule has 0 aliphatic heterocycles. The smallest absolute Gasteiger partial charge is 0.209 e. The third-order valence-corrected chi connectivity index (χ3v) is 3.13. The Hall–Kier alpha value is -0.870. The van der Waals surface area contributed by atoms with E-state index < -0.39 is 10.0 Å². The largest absolute Gasteiger partial charge is 0.384 e. The molecule has 0 bridgehead atoms. The van der Waals surface area contributed by atoms with Crippen molar-refractivity contribution >= 4 is 21.4 Å². The summed E-state index contributed by atoms with van der Waals surface area (Å²) in [5, 5.41) is 10.4. The van der Waals surface area contributed by atoms with Crippen LogP contribution in [0.3, 0.4) is 0 Å². The lowest BCUT2D eigenvalue weighted by Crippen LogP contribution is -2.20. The van der Waals surface area contributed by atoms with Crippen LogP contribution >= 0.6 is 11.3 Å². The zero-order valence-electron chi connectivity index (χ0n) is 8.15. The van der Waals surface area contributed by atoms with E-state index in [4.69, 9.17) is 5.11 Å². The summed E-state index contributed by atoms with van der Waals surface area (Å²) in [6.45, 7) is 0.0424. The fraction of sp³-hybridized carbons (Fsp3) is 0.333. The Balaban J connectivity index is 2.74. The van der Waals surface area contributed by atoms with Crippen LogP contribution in [-0.4, -0.2) is 26.4 Å². The molecular weight excluding hydrogens is 234 g/mol. The highest BCUT2D eigenvalue weighted by atomic mass is 32.2. The number of aliphatic hydroxyl groups excluding tert-OH is 1. The molecule has 1 aromatic heterocycles. The Labute approximate surface area is 93.0 Å². The summed E-state index contributed by atoms with van der Waals surface area (Å²) in [5.41, 5.74) is 0.755. The van der Waals surface area contributed by atoms with E-state index in [1.165, 1.54) is 11.3 Å². The highest BCUT2D eigenvalue weighted by molar-refractivity contribution is 7.88. The summed E-state index contributed by atoms with van der Waals surface area (Å²) in [5.74, 6) is 5.28. The molecule has 0 saturated heterocycles. The lowest BCUT2D eigenvalue weighted by molar-refractivity contribution is 0.350. The first-order valence-corrected chi connectivity index (χ1v) is 6.91. The summed E-state index contributed by atoms with van der Waals surface area (Å²) in [4.78, 5) is 0.848. The van der Waals surface area contributed by atoms with Crippen LogP contribution in [0.2, 0.25) is 0 Å². The second-order valence-corrected chi connectivity index (χ2v) is 5.64. The van der Waals surface area contributed by atoms with Gasteiger partial charge in [-0.3, -0.25) is 0 Å². The van der Waals surface area contributed by atoms with Gasteiger partial charge in [-0.15, -0.1) is 11.3 Å². The summed E-state index contributed by atoms with van der Waals surface area (Å²) >= 11 is 1.43. The molecule has 2 N–H and O–H groups in total. The Bertz CT molecular complexity index is 479. The average molecular weight is 245 g/mol. The van der Waals surface area contributed by atoms with Gasteiger partial charge in [-0.25, -0.2) is 13.1 Å². The van der Waals surface area contributed by atoms with E-state index in [-0.39, 0.29) is 13.2 Å².